The molecule has 3 aromatic carbocycles. The molecule has 0 unspecified atom stereocenters. The SMILES string of the molecule is Clc1ccc(Cn2cc(/C=N\NCc3ccccc3Cl)c3ccccc32)c(Cl)c1. The Morgan fingerprint density at radius 3 is 2.48 bits per heavy atom. The number of fused-ring (bicyclic) bond motifs is 1. The summed E-state index contributed by atoms with van der Waals surface area (Å²) in [5, 5.41) is 7.53. The number of hydrazone groups is 1. The highest BCUT2D eigenvalue weighted by Gasteiger charge is 2.09. The Balaban J connectivity index is 1.56. The quantitative estimate of drug-likeness (QED) is 0.259. The first-order valence-electron chi connectivity index (χ1n) is 9.13. The lowest BCUT2D eigenvalue weighted by Gasteiger charge is -2.08. The van der Waals surface area contributed by atoms with Crippen molar-refractivity contribution in [1.82, 2.24) is 9.99 Å². The minimum absolute atomic E-state index is 0.565. The van der Waals surface area contributed by atoms with Crippen LogP contribution in [-0.4, -0.2) is 10.8 Å². The summed E-state index contributed by atoms with van der Waals surface area (Å²) in [6.07, 6.45) is 3.91. The van der Waals surface area contributed by atoms with Gasteiger partial charge < -0.3 is 9.99 Å². The van der Waals surface area contributed by atoms with Gasteiger partial charge in [0.1, 0.15) is 0 Å². The minimum Gasteiger partial charge on any atom is -0.342 e. The second-order valence-corrected chi connectivity index (χ2v) is 7.90. The highest BCUT2D eigenvalue weighted by Crippen LogP contribution is 2.25. The first kappa shape index (κ1) is 19.8. The van der Waals surface area contributed by atoms with Crippen LogP contribution in [0.2, 0.25) is 15.1 Å². The molecular weight excluding hydrogens is 425 g/mol. The lowest BCUT2D eigenvalue weighted by atomic mass is 10.2. The zero-order valence-electron chi connectivity index (χ0n) is 15.4. The summed E-state index contributed by atoms with van der Waals surface area (Å²) < 4.78 is 2.17. The monoisotopic (exact) mass is 441 g/mol. The predicted molar refractivity (Wildman–Crippen MR) is 123 cm³/mol. The van der Waals surface area contributed by atoms with E-state index >= 15 is 0 Å². The van der Waals surface area contributed by atoms with Crippen molar-refractivity contribution >= 4 is 51.9 Å². The number of rotatable bonds is 6. The predicted octanol–water partition coefficient (Wildman–Crippen LogP) is 6.77. The Kier molecular flexibility index (Phi) is 6.10. The van der Waals surface area contributed by atoms with E-state index in [-0.39, 0.29) is 0 Å². The number of aromatic nitrogens is 1. The summed E-state index contributed by atoms with van der Waals surface area (Å²) in [6, 6.07) is 21.5. The molecular formula is C23H18Cl3N3. The molecule has 1 N–H and O–H groups in total. The van der Waals surface area contributed by atoms with E-state index in [0.717, 1.165) is 32.6 Å². The van der Waals surface area contributed by atoms with Crippen molar-refractivity contribution < 1.29 is 0 Å². The Morgan fingerprint density at radius 1 is 0.862 bits per heavy atom. The maximum Gasteiger partial charge on any atom is 0.0594 e. The van der Waals surface area contributed by atoms with Gasteiger partial charge in [-0.15, -0.1) is 0 Å². The fourth-order valence-corrected chi connectivity index (χ4v) is 3.90. The van der Waals surface area contributed by atoms with E-state index in [1.165, 1.54) is 0 Å². The molecule has 0 aliphatic carbocycles. The zero-order chi connectivity index (χ0) is 20.2. The minimum atomic E-state index is 0.565. The van der Waals surface area contributed by atoms with Crippen LogP contribution in [0.3, 0.4) is 0 Å². The van der Waals surface area contributed by atoms with Crippen molar-refractivity contribution in [1.29, 1.82) is 0 Å². The lowest BCUT2D eigenvalue weighted by molar-refractivity contribution is 0.748. The van der Waals surface area contributed by atoms with E-state index in [1.54, 1.807) is 6.07 Å². The smallest absolute Gasteiger partial charge is 0.0594 e. The number of hydrogen-bond donors (Lipinski definition) is 1. The van der Waals surface area contributed by atoms with Crippen LogP contribution in [0.5, 0.6) is 0 Å². The normalized spacial score (nSPS) is 11.4. The third-order valence-electron chi connectivity index (χ3n) is 4.70. The van der Waals surface area contributed by atoms with Crippen LogP contribution in [0.1, 0.15) is 16.7 Å². The molecule has 29 heavy (non-hydrogen) atoms. The van der Waals surface area contributed by atoms with Crippen LogP contribution in [0.4, 0.5) is 0 Å². The largest absolute Gasteiger partial charge is 0.342 e. The van der Waals surface area contributed by atoms with Gasteiger partial charge in [-0.3, -0.25) is 0 Å². The highest BCUT2D eigenvalue weighted by molar-refractivity contribution is 6.35. The number of nitrogens with one attached hydrogen (secondary N) is 1. The van der Waals surface area contributed by atoms with Gasteiger partial charge in [0.25, 0.3) is 0 Å². The lowest BCUT2D eigenvalue weighted by Crippen LogP contribution is -2.05. The Bertz CT molecular complexity index is 1180. The van der Waals surface area contributed by atoms with Gasteiger partial charge in [-0.2, -0.15) is 5.10 Å². The molecule has 0 amide bonds. The van der Waals surface area contributed by atoms with E-state index in [2.05, 4.69) is 33.4 Å². The molecule has 0 fully saturated rings. The van der Waals surface area contributed by atoms with Crippen LogP contribution in [-0.2, 0) is 13.1 Å². The van der Waals surface area contributed by atoms with Crippen molar-refractivity contribution in [3.05, 3.63) is 105 Å². The molecule has 0 aliphatic heterocycles. The third kappa shape index (κ3) is 4.59. The van der Waals surface area contributed by atoms with Gasteiger partial charge in [-0.1, -0.05) is 77.3 Å². The average molecular weight is 443 g/mol. The molecule has 146 valence electrons. The van der Waals surface area contributed by atoms with Gasteiger partial charge in [0, 0.05) is 44.3 Å². The molecule has 4 aromatic rings. The fraction of sp³-hybridized carbons (Fsp3) is 0.0870. The van der Waals surface area contributed by atoms with Gasteiger partial charge in [-0.25, -0.2) is 0 Å². The maximum absolute atomic E-state index is 6.37. The van der Waals surface area contributed by atoms with E-state index in [9.17, 15) is 0 Å². The van der Waals surface area contributed by atoms with Crippen LogP contribution < -0.4 is 5.43 Å². The second-order valence-electron chi connectivity index (χ2n) is 6.65. The van der Waals surface area contributed by atoms with Crippen molar-refractivity contribution in [2.75, 3.05) is 0 Å². The number of para-hydroxylation sites is 1. The number of halogens is 3. The van der Waals surface area contributed by atoms with Crippen LogP contribution in [0.15, 0.2) is 78.0 Å². The third-order valence-corrected chi connectivity index (χ3v) is 5.65. The molecule has 3 nitrogen and oxygen atoms in total. The molecule has 0 spiro atoms. The van der Waals surface area contributed by atoms with Crippen molar-refractivity contribution in [3.8, 4) is 0 Å². The Morgan fingerprint density at radius 2 is 1.66 bits per heavy atom. The second kappa shape index (κ2) is 8.91. The molecule has 0 radical (unpaired) electrons. The molecule has 1 heterocycles. The summed E-state index contributed by atoms with van der Waals surface area (Å²) in [5.74, 6) is 0. The summed E-state index contributed by atoms with van der Waals surface area (Å²) in [6.45, 7) is 1.21. The van der Waals surface area contributed by atoms with Gasteiger partial charge in [0.15, 0.2) is 0 Å². The van der Waals surface area contributed by atoms with Gasteiger partial charge in [-0.05, 0) is 35.4 Å². The van der Waals surface area contributed by atoms with Crippen LogP contribution in [0.25, 0.3) is 10.9 Å². The summed E-state index contributed by atoms with van der Waals surface area (Å²) >= 11 is 18.6. The van der Waals surface area contributed by atoms with Crippen molar-refractivity contribution in [2.45, 2.75) is 13.1 Å². The number of benzene rings is 3. The topological polar surface area (TPSA) is 29.3 Å². The Labute approximate surface area is 184 Å². The maximum atomic E-state index is 6.37. The summed E-state index contributed by atoms with van der Waals surface area (Å²) in [7, 11) is 0. The van der Waals surface area contributed by atoms with E-state index in [4.69, 9.17) is 34.8 Å². The van der Waals surface area contributed by atoms with Crippen molar-refractivity contribution in [2.24, 2.45) is 5.10 Å². The molecule has 0 saturated heterocycles. The van der Waals surface area contributed by atoms with Crippen molar-refractivity contribution in [3.63, 3.8) is 0 Å². The summed E-state index contributed by atoms with van der Waals surface area (Å²) in [5.41, 5.74) is 7.23. The molecule has 6 heteroatoms. The van der Waals surface area contributed by atoms with Gasteiger partial charge in [0.05, 0.1) is 12.8 Å². The van der Waals surface area contributed by atoms with Gasteiger partial charge in [0.2, 0.25) is 0 Å². The molecule has 4 rings (SSSR count). The van der Waals surface area contributed by atoms with E-state index in [1.807, 2.05) is 54.7 Å². The molecule has 0 bridgehead atoms. The number of nitrogens with zero attached hydrogens (tertiary/aromatic N) is 2. The standard InChI is InChI=1S/C23H18Cl3N3/c24-19-10-9-17(22(26)11-19)14-29-15-18(20-6-2-4-8-23(20)29)13-28-27-12-16-5-1-3-7-21(16)25/h1-11,13,15,27H,12,14H2/b28-13-. The molecule has 0 atom stereocenters. The average Bonchev–Trinajstić information content (AvgIpc) is 3.06. The zero-order valence-corrected chi connectivity index (χ0v) is 17.7. The molecule has 0 saturated carbocycles. The highest BCUT2D eigenvalue weighted by atomic mass is 35.5. The van der Waals surface area contributed by atoms with E-state index in [0.29, 0.717) is 23.1 Å². The molecule has 0 aliphatic rings. The van der Waals surface area contributed by atoms with Crippen LogP contribution >= 0.6 is 34.8 Å². The van der Waals surface area contributed by atoms with Crippen LogP contribution in [0, 0.1) is 0 Å². The Hall–Kier alpha value is -2.46. The van der Waals surface area contributed by atoms with Gasteiger partial charge >= 0.3 is 0 Å². The fourth-order valence-electron chi connectivity index (χ4n) is 3.23. The summed E-state index contributed by atoms with van der Waals surface area (Å²) in [4.78, 5) is 0. The first-order valence-corrected chi connectivity index (χ1v) is 10.3. The number of hydrogen-bond acceptors (Lipinski definition) is 2. The molecule has 1 aromatic heterocycles. The van der Waals surface area contributed by atoms with E-state index < -0.39 is 0 Å². The first-order chi connectivity index (χ1) is 14.1.